The summed E-state index contributed by atoms with van der Waals surface area (Å²) in [6.07, 6.45) is 4.28. The van der Waals surface area contributed by atoms with E-state index in [9.17, 15) is 14.4 Å². The number of hydrogen-bond acceptors (Lipinski definition) is 4. The van der Waals surface area contributed by atoms with Crippen LogP contribution in [0.4, 0.5) is 4.79 Å². The lowest BCUT2D eigenvalue weighted by Gasteiger charge is -2.32. The average molecular weight is 371 g/mol. The minimum Gasteiger partial charge on any atom is -0.478 e. The van der Waals surface area contributed by atoms with Gasteiger partial charge in [0, 0.05) is 25.7 Å². The molecule has 2 aromatic rings. The summed E-state index contributed by atoms with van der Waals surface area (Å²) < 4.78 is 4.94. The summed E-state index contributed by atoms with van der Waals surface area (Å²) in [6.45, 7) is 1.46. The standard InChI is InChI=1S/C19H21N3O5/c23-17(15-7-10-27-12-15)22-8-5-16(6-9-22)21-19(26)20-11-13-1-3-14(4-2-13)18(24)25/h1-4,7,10,12,16H,5-6,8-9,11H2,(H,24,25)(H2,20,21,26). The molecular formula is C19H21N3O5. The predicted octanol–water partition coefficient (Wildman–Crippen LogP) is 2.08. The highest BCUT2D eigenvalue weighted by atomic mass is 16.4. The van der Waals surface area contributed by atoms with Crippen LogP contribution >= 0.6 is 0 Å². The molecule has 1 aliphatic heterocycles. The van der Waals surface area contributed by atoms with E-state index in [4.69, 9.17) is 9.52 Å². The molecule has 2 heterocycles. The lowest BCUT2D eigenvalue weighted by Crippen LogP contribution is -2.49. The molecule has 1 aromatic carbocycles. The van der Waals surface area contributed by atoms with Crippen molar-refractivity contribution in [2.45, 2.75) is 25.4 Å². The third-order valence-corrected chi connectivity index (χ3v) is 4.54. The van der Waals surface area contributed by atoms with Gasteiger partial charge in [-0.2, -0.15) is 0 Å². The number of likely N-dealkylation sites (tertiary alicyclic amines) is 1. The lowest BCUT2D eigenvalue weighted by atomic mass is 10.0. The summed E-state index contributed by atoms with van der Waals surface area (Å²) in [7, 11) is 0. The van der Waals surface area contributed by atoms with Crippen molar-refractivity contribution in [1.29, 1.82) is 0 Å². The molecule has 0 aliphatic carbocycles. The molecule has 0 spiro atoms. The molecule has 0 radical (unpaired) electrons. The van der Waals surface area contributed by atoms with Crippen molar-refractivity contribution in [2.24, 2.45) is 0 Å². The SMILES string of the molecule is O=C(NCc1ccc(C(=O)O)cc1)NC1CCN(C(=O)c2ccoc2)CC1. The zero-order valence-corrected chi connectivity index (χ0v) is 14.7. The third-order valence-electron chi connectivity index (χ3n) is 4.54. The summed E-state index contributed by atoms with van der Waals surface area (Å²) in [5, 5.41) is 14.5. The van der Waals surface area contributed by atoms with E-state index in [0.29, 0.717) is 38.0 Å². The molecule has 0 saturated carbocycles. The van der Waals surface area contributed by atoms with E-state index in [-0.39, 0.29) is 23.5 Å². The maximum absolute atomic E-state index is 12.2. The molecule has 3 amide bonds. The zero-order valence-electron chi connectivity index (χ0n) is 14.7. The highest BCUT2D eigenvalue weighted by Gasteiger charge is 2.25. The molecule has 142 valence electrons. The molecular weight excluding hydrogens is 350 g/mol. The number of urea groups is 1. The van der Waals surface area contributed by atoms with E-state index in [1.54, 1.807) is 23.1 Å². The van der Waals surface area contributed by atoms with Crippen LogP contribution in [-0.4, -0.2) is 47.0 Å². The van der Waals surface area contributed by atoms with Gasteiger partial charge < -0.3 is 25.1 Å². The number of piperidine rings is 1. The molecule has 1 fully saturated rings. The number of carbonyl (C=O) groups excluding carboxylic acids is 2. The van der Waals surface area contributed by atoms with Crippen LogP contribution in [0.5, 0.6) is 0 Å². The Morgan fingerprint density at radius 3 is 2.37 bits per heavy atom. The van der Waals surface area contributed by atoms with E-state index < -0.39 is 5.97 Å². The van der Waals surface area contributed by atoms with E-state index in [0.717, 1.165) is 5.56 Å². The maximum Gasteiger partial charge on any atom is 0.335 e. The van der Waals surface area contributed by atoms with Crippen LogP contribution in [0.3, 0.4) is 0 Å². The van der Waals surface area contributed by atoms with Crippen molar-refractivity contribution in [3.05, 3.63) is 59.5 Å². The van der Waals surface area contributed by atoms with E-state index >= 15 is 0 Å². The Hall–Kier alpha value is -3.29. The van der Waals surface area contributed by atoms with E-state index in [1.165, 1.54) is 24.7 Å². The molecule has 8 heteroatoms. The van der Waals surface area contributed by atoms with Crippen molar-refractivity contribution < 1.29 is 23.9 Å². The minimum atomic E-state index is -0.982. The van der Waals surface area contributed by atoms with Crippen LogP contribution in [0.1, 0.15) is 39.1 Å². The summed E-state index contributed by atoms with van der Waals surface area (Å²) in [5.74, 6) is -1.04. The van der Waals surface area contributed by atoms with Gasteiger partial charge >= 0.3 is 12.0 Å². The van der Waals surface area contributed by atoms with Crippen LogP contribution in [0.25, 0.3) is 0 Å². The summed E-state index contributed by atoms with van der Waals surface area (Å²) in [5.41, 5.74) is 1.56. The first kappa shape index (κ1) is 18.5. The Kier molecular flexibility index (Phi) is 5.75. The molecule has 0 unspecified atom stereocenters. The van der Waals surface area contributed by atoms with Gasteiger partial charge in [0.15, 0.2) is 0 Å². The van der Waals surface area contributed by atoms with Gasteiger partial charge in [0.05, 0.1) is 17.4 Å². The van der Waals surface area contributed by atoms with Crippen LogP contribution in [-0.2, 0) is 6.54 Å². The summed E-state index contributed by atoms with van der Waals surface area (Å²) in [4.78, 5) is 36.9. The number of rotatable bonds is 5. The van der Waals surface area contributed by atoms with Crippen LogP contribution < -0.4 is 10.6 Å². The number of benzene rings is 1. The number of carboxylic acid groups (broad SMARTS) is 1. The monoisotopic (exact) mass is 371 g/mol. The molecule has 8 nitrogen and oxygen atoms in total. The molecule has 27 heavy (non-hydrogen) atoms. The third kappa shape index (κ3) is 4.87. The van der Waals surface area contributed by atoms with Crippen LogP contribution in [0, 0.1) is 0 Å². The number of amides is 3. The second-order valence-corrected chi connectivity index (χ2v) is 6.41. The van der Waals surface area contributed by atoms with Crippen molar-refractivity contribution >= 4 is 17.9 Å². The van der Waals surface area contributed by atoms with Crippen molar-refractivity contribution in [3.8, 4) is 0 Å². The number of carbonyl (C=O) groups is 3. The molecule has 0 bridgehead atoms. The number of carboxylic acids is 1. The van der Waals surface area contributed by atoms with E-state index in [1.807, 2.05) is 0 Å². The lowest BCUT2D eigenvalue weighted by molar-refractivity contribution is 0.0691. The van der Waals surface area contributed by atoms with Gasteiger partial charge in [-0.05, 0) is 36.6 Å². The number of aromatic carboxylic acids is 1. The Balaban J connectivity index is 1.40. The zero-order chi connectivity index (χ0) is 19.2. The predicted molar refractivity (Wildman–Crippen MR) is 96.4 cm³/mol. The molecule has 1 aliphatic rings. The fourth-order valence-electron chi connectivity index (χ4n) is 2.98. The first-order chi connectivity index (χ1) is 13.0. The topological polar surface area (TPSA) is 112 Å². The second-order valence-electron chi connectivity index (χ2n) is 6.41. The number of hydrogen-bond donors (Lipinski definition) is 3. The van der Waals surface area contributed by atoms with Gasteiger partial charge in [-0.15, -0.1) is 0 Å². The van der Waals surface area contributed by atoms with E-state index in [2.05, 4.69) is 10.6 Å². The van der Waals surface area contributed by atoms with Gasteiger partial charge in [-0.3, -0.25) is 4.79 Å². The Labute approximate surface area is 156 Å². The first-order valence-corrected chi connectivity index (χ1v) is 8.71. The molecule has 1 saturated heterocycles. The van der Waals surface area contributed by atoms with Gasteiger partial charge in [-0.25, -0.2) is 9.59 Å². The van der Waals surface area contributed by atoms with Crippen molar-refractivity contribution in [2.75, 3.05) is 13.1 Å². The van der Waals surface area contributed by atoms with Gasteiger partial charge in [-0.1, -0.05) is 12.1 Å². The van der Waals surface area contributed by atoms with Crippen molar-refractivity contribution in [1.82, 2.24) is 15.5 Å². The Morgan fingerprint density at radius 2 is 1.78 bits per heavy atom. The highest BCUT2D eigenvalue weighted by Crippen LogP contribution is 2.14. The number of nitrogens with one attached hydrogen (secondary N) is 2. The highest BCUT2D eigenvalue weighted by molar-refractivity contribution is 5.93. The Morgan fingerprint density at radius 1 is 1.07 bits per heavy atom. The largest absolute Gasteiger partial charge is 0.478 e. The molecule has 1 aromatic heterocycles. The van der Waals surface area contributed by atoms with Crippen LogP contribution in [0.2, 0.25) is 0 Å². The fraction of sp³-hybridized carbons (Fsp3) is 0.316. The fourth-order valence-corrected chi connectivity index (χ4v) is 2.98. The van der Waals surface area contributed by atoms with Gasteiger partial charge in [0.2, 0.25) is 0 Å². The van der Waals surface area contributed by atoms with Crippen molar-refractivity contribution in [3.63, 3.8) is 0 Å². The minimum absolute atomic E-state index is 0.00721. The number of furan rings is 1. The average Bonchev–Trinajstić information content (AvgIpc) is 3.21. The molecule has 3 N–H and O–H groups in total. The number of nitrogens with zero attached hydrogens (tertiary/aromatic N) is 1. The maximum atomic E-state index is 12.2. The van der Waals surface area contributed by atoms with Crippen LogP contribution in [0.15, 0.2) is 47.3 Å². The van der Waals surface area contributed by atoms with Gasteiger partial charge in [0.1, 0.15) is 6.26 Å². The normalized spacial score (nSPS) is 14.6. The molecule has 0 atom stereocenters. The molecule has 3 rings (SSSR count). The second kappa shape index (κ2) is 8.39. The summed E-state index contributed by atoms with van der Waals surface area (Å²) >= 11 is 0. The smallest absolute Gasteiger partial charge is 0.335 e. The summed E-state index contributed by atoms with van der Waals surface area (Å²) in [6, 6.07) is 7.72. The quantitative estimate of drug-likeness (QED) is 0.745. The Bertz CT molecular complexity index is 793. The van der Waals surface area contributed by atoms with Gasteiger partial charge in [0.25, 0.3) is 5.91 Å². The first-order valence-electron chi connectivity index (χ1n) is 8.71.